The van der Waals surface area contributed by atoms with Crippen LogP contribution in [0.4, 0.5) is 8.78 Å². The quantitative estimate of drug-likeness (QED) is 0.827. The van der Waals surface area contributed by atoms with Crippen molar-refractivity contribution in [2.75, 3.05) is 13.1 Å². The highest BCUT2D eigenvalue weighted by molar-refractivity contribution is 7.09. The molecule has 3 rings (SSSR count). The minimum Gasteiger partial charge on any atom is -0.337 e. The molecule has 1 aliphatic heterocycles. The summed E-state index contributed by atoms with van der Waals surface area (Å²) in [7, 11) is 0. The second kappa shape index (κ2) is 7.38. The Morgan fingerprint density at radius 1 is 1.38 bits per heavy atom. The number of aryl methyl sites for hydroxylation is 1. The summed E-state index contributed by atoms with van der Waals surface area (Å²) >= 11 is 1.47. The van der Waals surface area contributed by atoms with Crippen LogP contribution in [0.3, 0.4) is 0 Å². The molecule has 6 heteroatoms. The minimum atomic E-state index is -0.489. The van der Waals surface area contributed by atoms with Gasteiger partial charge in [-0.25, -0.2) is 13.8 Å². The lowest BCUT2D eigenvalue weighted by atomic mass is 9.91. The fraction of sp³-hybridized carbons (Fsp3) is 0.444. The first-order chi connectivity index (χ1) is 11.5. The molecule has 128 valence electrons. The van der Waals surface area contributed by atoms with E-state index in [9.17, 15) is 13.6 Å². The number of hydrogen-bond donors (Lipinski definition) is 0. The average molecular weight is 350 g/mol. The summed E-state index contributed by atoms with van der Waals surface area (Å²) in [6.45, 7) is 3.23. The summed E-state index contributed by atoms with van der Waals surface area (Å²) in [6.07, 6.45) is 2.94. The molecule has 1 amide bonds. The molecule has 2 heterocycles. The second-order valence-corrected chi connectivity index (χ2v) is 7.31. The first-order valence-electron chi connectivity index (χ1n) is 8.19. The van der Waals surface area contributed by atoms with Gasteiger partial charge in [-0.1, -0.05) is 6.07 Å². The first kappa shape index (κ1) is 17.0. The Labute approximate surface area is 144 Å². The van der Waals surface area contributed by atoms with Crippen molar-refractivity contribution in [2.45, 2.75) is 32.6 Å². The van der Waals surface area contributed by atoms with Gasteiger partial charge in [0.25, 0.3) is 5.91 Å². The fourth-order valence-electron chi connectivity index (χ4n) is 3.23. The first-order valence-corrected chi connectivity index (χ1v) is 9.07. The van der Waals surface area contributed by atoms with Crippen LogP contribution in [0, 0.1) is 24.5 Å². The zero-order valence-electron chi connectivity index (χ0n) is 13.6. The van der Waals surface area contributed by atoms with Gasteiger partial charge in [-0.3, -0.25) is 4.79 Å². The van der Waals surface area contributed by atoms with E-state index in [4.69, 9.17) is 0 Å². The normalized spacial score (nSPS) is 18.0. The lowest BCUT2D eigenvalue weighted by Crippen LogP contribution is -2.40. The Hall–Kier alpha value is -1.82. The lowest BCUT2D eigenvalue weighted by molar-refractivity contribution is 0.0662. The third kappa shape index (κ3) is 3.80. The van der Waals surface area contributed by atoms with Crippen molar-refractivity contribution < 1.29 is 13.6 Å². The number of aromatic nitrogens is 1. The van der Waals surface area contributed by atoms with Gasteiger partial charge in [-0.2, -0.15) is 0 Å². The predicted octanol–water partition coefficient (Wildman–Crippen LogP) is 4.21. The molecule has 0 radical (unpaired) electrons. The molecule has 0 aliphatic carbocycles. The van der Waals surface area contributed by atoms with Gasteiger partial charge in [0.05, 0.1) is 5.01 Å². The Morgan fingerprint density at radius 3 is 2.79 bits per heavy atom. The van der Waals surface area contributed by atoms with Gasteiger partial charge < -0.3 is 4.90 Å². The molecule has 1 aromatic heterocycles. The van der Waals surface area contributed by atoms with Crippen LogP contribution in [0.2, 0.25) is 0 Å². The molecule has 2 aromatic rings. The van der Waals surface area contributed by atoms with Gasteiger partial charge in [0.2, 0.25) is 0 Å². The molecule has 1 atom stereocenters. The van der Waals surface area contributed by atoms with Crippen LogP contribution in [-0.4, -0.2) is 28.9 Å². The average Bonchev–Trinajstić information content (AvgIpc) is 3.00. The van der Waals surface area contributed by atoms with E-state index in [0.717, 1.165) is 24.4 Å². The second-order valence-electron chi connectivity index (χ2n) is 6.25. The highest BCUT2D eigenvalue weighted by Gasteiger charge is 2.26. The smallest absolute Gasteiger partial charge is 0.273 e. The number of likely N-dealkylation sites (tertiary alicyclic amines) is 1. The Balaban J connectivity index is 1.60. The largest absolute Gasteiger partial charge is 0.337 e. The minimum absolute atomic E-state index is 0.0406. The van der Waals surface area contributed by atoms with Crippen molar-refractivity contribution in [1.82, 2.24) is 9.88 Å². The Morgan fingerprint density at radius 2 is 2.12 bits per heavy atom. The number of nitrogens with zero attached hydrogens (tertiary/aromatic N) is 2. The van der Waals surface area contributed by atoms with Crippen LogP contribution < -0.4 is 0 Å². The van der Waals surface area contributed by atoms with Crippen molar-refractivity contribution in [3.05, 3.63) is 51.5 Å². The van der Waals surface area contributed by atoms with Crippen LogP contribution in [-0.2, 0) is 6.42 Å². The Bertz CT molecular complexity index is 711. The van der Waals surface area contributed by atoms with Crippen LogP contribution in [0.1, 0.15) is 40.3 Å². The topological polar surface area (TPSA) is 33.2 Å². The van der Waals surface area contributed by atoms with E-state index in [2.05, 4.69) is 4.98 Å². The van der Waals surface area contributed by atoms with Crippen LogP contribution in [0.15, 0.2) is 23.6 Å². The summed E-state index contributed by atoms with van der Waals surface area (Å²) in [5, 5.41) is 2.66. The molecule has 1 aromatic carbocycles. The van der Waals surface area contributed by atoms with Crippen LogP contribution in [0.5, 0.6) is 0 Å². The monoisotopic (exact) mass is 350 g/mol. The fourth-order valence-corrected chi connectivity index (χ4v) is 3.82. The molecule has 0 saturated carbocycles. The number of rotatable bonds is 4. The number of hydrogen-bond acceptors (Lipinski definition) is 3. The molecule has 1 aliphatic rings. The molecule has 24 heavy (non-hydrogen) atoms. The maximum Gasteiger partial charge on any atom is 0.273 e. The van der Waals surface area contributed by atoms with Crippen LogP contribution in [0.25, 0.3) is 0 Å². The summed E-state index contributed by atoms with van der Waals surface area (Å²) in [6, 6.07) is 3.96. The van der Waals surface area contributed by atoms with Crippen molar-refractivity contribution in [3.63, 3.8) is 0 Å². The third-order valence-corrected chi connectivity index (χ3v) is 5.28. The maximum absolute atomic E-state index is 13.7. The highest BCUT2D eigenvalue weighted by Crippen LogP contribution is 2.24. The molecular formula is C18H20F2N2OS. The van der Waals surface area contributed by atoms with E-state index in [1.165, 1.54) is 29.5 Å². The van der Waals surface area contributed by atoms with Gasteiger partial charge >= 0.3 is 0 Å². The van der Waals surface area contributed by atoms with E-state index in [0.29, 0.717) is 25.1 Å². The number of carbonyl (C=O) groups is 1. The number of amides is 1. The Kier molecular flexibility index (Phi) is 5.23. The van der Waals surface area contributed by atoms with E-state index in [1.54, 1.807) is 5.38 Å². The van der Waals surface area contributed by atoms with Gasteiger partial charge in [0, 0.05) is 24.0 Å². The maximum atomic E-state index is 13.7. The predicted molar refractivity (Wildman–Crippen MR) is 90.2 cm³/mol. The van der Waals surface area contributed by atoms with Crippen molar-refractivity contribution in [3.8, 4) is 0 Å². The van der Waals surface area contributed by atoms with E-state index >= 15 is 0 Å². The molecule has 1 fully saturated rings. The number of thiazole rings is 1. The van der Waals surface area contributed by atoms with Crippen molar-refractivity contribution in [2.24, 2.45) is 5.92 Å². The standard InChI is InChI=1S/C18H20F2N2OS/c1-12-21-17(11-24-12)18(23)22-9-3-4-13(10-22)7-8-14-15(19)5-2-6-16(14)20/h2,5-6,11,13H,3-4,7-10H2,1H3. The lowest BCUT2D eigenvalue weighted by Gasteiger charge is -2.32. The number of benzene rings is 1. The summed E-state index contributed by atoms with van der Waals surface area (Å²) in [5.41, 5.74) is 0.648. The van der Waals surface area contributed by atoms with E-state index in [1.807, 2.05) is 11.8 Å². The van der Waals surface area contributed by atoms with Gasteiger partial charge in [-0.15, -0.1) is 11.3 Å². The molecule has 3 nitrogen and oxygen atoms in total. The van der Waals surface area contributed by atoms with Gasteiger partial charge in [0.1, 0.15) is 17.3 Å². The molecular weight excluding hydrogens is 330 g/mol. The zero-order chi connectivity index (χ0) is 17.1. The van der Waals surface area contributed by atoms with E-state index in [-0.39, 0.29) is 17.4 Å². The molecule has 1 unspecified atom stereocenters. The molecule has 0 bridgehead atoms. The van der Waals surface area contributed by atoms with Crippen LogP contribution >= 0.6 is 11.3 Å². The van der Waals surface area contributed by atoms with Crippen molar-refractivity contribution in [1.29, 1.82) is 0 Å². The summed E-state index contributed by atoms with van der Waals surface area (Å²) in [5.74, 6) is -0.754. The summed E-state index contributed by atoms with van der Waals surface area (Å²) < 4.78 is 27.4. The summed E-state index contributed by atoms with van der Waals surface area (Å²) in [4.78, 5) is 18.6. The number of halogens is 2. The zero-order valence-corrected chi connectivity index (χ0v) is 14.4. The number of piperidine rings is 1. The number of carbonyl (C=O) groups excluding carboxylic acids is 1. The SMILES string of the molecule is Cc1nc(C(=O)N2CCCC(CCc3c(F)cccc3F)C2)cs1. The third-order valence-electron chi connectivity index (χ3n) is 4.51. The van der Waals surface area contributed by atoms with Gasteiger partial charge in [0.15, 0.2) is 0 Å². The van der Waals surface area contributed by atoms with Gasteiger partial charge in [-0.05, 0) is 50.7 Å². The molecule has 1 saturated heterocycles. The van der Waals surface area contributed by atoms with E-state index < -0.39 is 11.6 Å². The van der Waals surface area contributed by atoms with Crippen molar-refractivity contribution >= 4 is 17.2 Å². The molecule has 0 N–H and O–H groups in total. The highest BCUT2D eigenvalue weighted by atomic mass is 32.1. The molecule has 0 spiro atoms.